The molecule has 1 atom stereocenters. The highest BCUT2D eigenvalue weighted by atomic mass is 16.5. The van der Waals surface area contributed by atoms with Gasteiger partial charge < -0.3 is 14.4 Å². The van der Waals surface area contributed by atoms with Gasteiger partial charge in [0.25, 0.3) is 0 Å². The lowest BCUT2D eigenvalue weighted by Gasteiger charge is -2.26. The van der Waals surface area contributed by atoms with Crippen LogP contribution in [0.15, 0.2) is 15.1 Å². The molecule has 3 heterocycles. The van der Waals surface area contributed by atoms with Crippen LogP contribution in [0.2, 0.25) is 0 Å². The average Bonchev–Trinajstić information content (AvgIpc) is 3.09. The lowest BCUT2D eigenvalue weighted by atomic mass is 10.2. The minimum absolute atomic E-state index is 0.0736. The maximum atomic E-state index is 12.4. The minimum Gasteiger partial charge on any atom is -0.360 e. The molecule has 1 fully saturated rings. The van der Waals surface area contributed by atoms with E-state index in [1.54, 1.807) is 19.9 Å². The lowest BCUT2D eigenvalue weighted by Crippen LogP contribution is -2.43. The van der Waals surface area contributed by atoms with Crippen LogP contribution in [-0.2, 0) is 11.3 Å². The van der Waals surface area contributed by atoms with Crippen LogP contribution < -0.4 is 5.32 Å². The van der Waals surface area contributed by atoms with Crippen molar-refractivity contribution in [2.75, 3.05) is 31.5 Å². The maximum Gasteiger partial charge on any atom is 0.242 e. The number of nitrogens with zero attached hydrogens (tertiary/aromatic N) is 5. The van der Waals surface area contributed by atoms with Crippen LogP contribution in [0.4, 0.5) is 5.82 Å². The number of aromatic nitrogens is 3. The van der Waals surface area contributed by atoms with Gasteiger partial charge in [-0.15, -0.1) is 0 Å². The maximum absolute atomic E-state index is 12.4. The van der Waals surface area contributed by atoms with Crippen molar-refractivity contribution in [3.8, 4) is 0 Å². The van der Waals surface area contributed by atoms with Gasteiger partial charge in [0.05, 0.1) is 12.6 Å². The number of anilines is 1. The summed E-state index contributed by atoms with van der Waals surface area (Å²) < 4.78 is 10.0. The molecule has 1 amide bonds. The molecule has 1 unspecified atom stereocenters. The Morgan fingerprint density at radius 3 is 2.76 bits per heavy atom. The molecule has 9 nitrogen and oxygen atoms in total. The van der Waals surface area contributed by atoms with Crippen molar-refractivity contribution in [2.45, 2.75) is 39.8 Å². The van der Waals surface area contributed by atoms with E-state index in [0.29, 0.717) is 29.8 Å². The fourth-order valence-corrected chi connectivity index (χ4v) is 2.96. The van der Waals surface area contributed by atoms with Gasteiger partial charge in [-0.3, -0.25) is 14.6 Å². The van der Waals surface area contributed by atoms with Gasteiger partial charge in [0, 0.05) is 32.6 Å². The van der Waals surface area contributed by atoms with Crippen LogP contribution in [0.5, 0.6) is 0 Å². The zero-order valence-corrected chi connectivity index (χ0v) is 14.9. The van der Waals surface area contributed by atoms with E-state index < -0.39 is 0 Å². The van der Waals surface area contributed by atoms with Crippen molar-refractivity contribution in [3.63, 3.8) is 0 Å². The standard InChI is InChI=1S/C16H24N6O3/c1-11-9-14(19-24-11)18-16(23)12(2)22-6-4-5-21(7-8-22)10-15-17-13(3)25-20-15/h9,12H,4-8,10H2,1-3H3,(H,18,19,23). The monoisotopic (exact) mass is 348 g/mol. The Morgan fingerprint density at radius 1 is 1.24 bits per heavy atom. The number of hydrogen-bond donors (Lipinski definition) is 1. The predicted molar refractivity (Wildman–Crippen MR) is 89.8 cm³/mol. The fraction of sp³-hybridized carbons (Fsp3) is 0.625. The Bertz CT molecular complexity index is 712. The van der Waals surface area contributed by atoms with Crippen LogP contribution in [0.1, 0.15) is 30.8 Å². The summed E-state index contributed by atoms with van der Waals surface area (Å²) in [5, 5.41) is 10.6. The molecule has 2 aromatic heterocycles. The molecular weight excluding hydrogens is 324 g/mol. The molecule has 1 saturated heterocycles. The van der Waals surface area contributed by atoms with Gasteiger partial charge in [0.2, 0.25) is 11.8 Å². The Kier molecular flexibility index (Phi) is 5.44. The van der Waals surface area contributed by atoms with Crippen molar-refractivity contribution < 1.29 is 13.8 Å². The van der Waals surface area contributed by atoms with Gasteiger partial charge in [-0.1, -0.05) is 10.3 Å². The van der Waals surface area contributed by atoms with E-state index in [1.807, 2.05) is 6.92 Å². The zero-order valence-electron chi connectivity index (χ0n) is 14.9. The fourth-order valence-electron chi connectivity index (χ4n) is 2.96. The van der Waals surface area contributed by atoms with E-state index in [-0.39, 0.29) is 11.9 Å². The lowest BCUT2D eigenvalue weighted by molar-refractivity contribution is -0.120. The SMILES string of the molecule is Cc1cc(NC(=O)C(C)N2CCCN(Cc3noc(C)n3)CC2)no1. The van der Waals surface area contributed by atoms with Crippen molar-refractivity contribution >= 4 is 11.7 Å². The summed E-state index contributed by atoms with van der Waals surface area (Å²) >= 11 is 0. The van der Waals surface area contributed by atoms with Gasteiger partial charge in [-0.05, 0) is 26.8 Å². The Labute approximate surface area is 146 Å². The minimum atomic E-state index is -0.232. The van der Waals surface area contributed by atoms with E-state index >= 15 is 0 Å². The largest absolute Gasteiger partial charge is 0.360 e. The summed E-state index contributed by atoms with van der Waals surface area (Å²) in [7, 11) is 0. The first-order chi connectivity index (χ1) is 12.0. The van der Waals surface area contributed by atoms with Crippen LogP contribution in [0.3, 0.4) is 0 Å². The predicted octanol–water partition coefficient (Wildman–Crippen LogP) is 1.21. The third-order valence-corrected chi connectivity index (χ3v) is 4.36. The Morgan fingerprint density at radius 2 is 2.08 bits per heavy atom. The molecule has 136 valence electrons. The Balaban J connectivity index is 1.52. The second-order valence-corrected chi connectivity index (χ2v) is 6.38. The summed E-state index contributed by atoms with van der Waals surface area (Å²) in [6.07, 6.45) is 0.984. The highest BCUT2D eigenvalue weighted by molar-refractivity contribution is 5.93. The van der Waals surface area contributed by atoms with Crippen LogP contribution in [0, 0.1) is 13.8 Å². The summed E-state index contributed by atoms with van der Waals surface area (Å²) in [4.78, 5) is 21.2. The molecule has 0 saturated carbocycles. The third-order valence-electron chi connectivity index (χ3n) is 4.36. The molecule has 2 aromatic rings. The molecule has 0 aliphatic carbocycles. The van der Waals surface area contributed by atoms with Gasteiger partial charge in [-0.25, -0.2) is 0 Å². The number of aryl methyl sites for hydroxylation is 2. The van der Waals surface area contributed by atoms with E-state index in [0.717, 1.165) is 32.6 Å². The Hall–Kier alpha value is -2.26. The topological polar surface area (TPSA) is 101 Å². The molecule has 1 aliphatic heterocycles. The van der Waals surface area contributed by atoms with Gasteiger partial charge in [0.15, 0.2) is 11.6 Å². The summed E-state index contributed by atoms with van der Waals surface area (Å²) in [5.74, 6) is 2.34. The number of nitrogens with one attached hydrogen (secondary N) is 1. The molecule has 9 heteroatoms. The highest BCUT2D eigenvalue weighted by Crippen LogP contribution is 2.12. The second kappa shape index (κ2) is 7.75. The summed E-state index contributed by atoms with van der Waals surface area (Å²) in [5.41, 5.74) is 0. The molecule has 0 bridgehead atoms. The van der Waals surface area contributed by atoms with E-state index in [1.165, 1.54) is 0 Å². The van der Waals surface area contributed by atoms with Crippen molar-refractivity contribution in [2.24, 2.45) is 0 Å². The normalized spacial score (nSPS) is 18.0. The van der Waals surface area contributed by atoms with E-state index in [2.05, 4.69) is 30.4 Å². The van der Waals surface area contributed by atoms with Crippen molar-refractivity contribution in [1.82, 2.24) is 25.1 Å². The molecular formula is C16H24N6O3. The van der Waals surface area contributed by atoms with Crippen LogP contribution in [-0.4, -0.2) is 63.2 Å². The number of carbonyl (C=O) groups is 1. The quantitative estimate of drug-likeness (QED) is 0.860. The average molecular weight is 348 g/mol. The smallest absolute Gasteiger partial charge is 0.242 e. The third kappa shape index (κ3) is 4.64. The molecule has 1 N–H and O–H groups in total. The molecule has 0 aromatic carbocycles. The van der Waals surface area contributed by atoms with Gasteiger partial charge >= 0.3 is 0 Å². The van der Waals surface area contributed by atoms with E-state index in [9.17, 15) is 4.79 Å². The first kappa shape index (κ1) is 17.6. The molecule has 25 heavy (non-hydrogen) atoms. The van der Waals surface area contributed by atoms with Crippen molar-refractivity contribution in [1.29, 1.82) is 0 Å². The van der Waals surface area contributed by atoms with Gasteiger partial charge in [0.1, 0.15) is 5.76 Å². The van der Waals surface area contributed by atoms with Crippen LogP contribution in [0.25, 0.3) is 0 Å². The number of amides is 1. The molecule has 3 rings (SSSR count). The van der Waals surface area contributed by atoms with E-state index in [4.69, 9.17) is 9.05 Å². The van der Waals surface area contributed by atoms with Crippen molar-refractivity contribution in [3.05, 3.63) is 23.5 Å². The number of hydrogen-bond acceptors (Lipinski definition) is 8. The molecule has 0 spiro atoms. The molecule has 1 aliphatic rings. The van der Waals surface area contributed by atoms with Crippen LogP contribution >= 0.6 is 0 Å². The first-order valence-corrected chi connectivity index (χ1v) is 8.51. The number of carbonyl (C=O) groups excluding carboxylic acids is 1. The first-order valence-electron chi connectivity index (χ1n) is 8.51. The number of rotatable bonds is 5. The summed E-state index contributed by atoms with van der Waals surface area (Å²) in [6.45, 7) is 9.65. The van der Waals surface area contributed by atoms with Gasteiger partial charge in [-0.2, -0.15) is 4.98 Å². The zero-order chi connectivity index (χ0) is 17.8. The summed E-state index contributed by atoms with van der Waals surface area (Å²) in [6, 6.07) is 1.48. The molecule has 0 radical (unpaired) electrons. The highest BCUT2D eigenvalue weighted by Gasteiger charge is 2.25. The second-order valence-electron chi connectivity index (χ2n) is 6.38.